The Hall–Kier alpha value is -0.0831. The molecule has 0 aliphatic carbocycles. The van der Waals surface area contributed by atoms with Crippen molar-refractivity contribution >= 4 is 10.2 Å². The molecule has 1 fully saturated rings. The van der Waals surface area contributed by atoms with Crippen molar-refractivity contribution in [3.63, 3.8) is 0 Å². The maximum Gasteiger partial charge on any atom is 0.0193 e. The highest BCUT2D eigenvalue weighted by Gasteiger charge is 2.22. The van der Waals surface area contributed by atoms with Crippen molar-refractivity contribution in [2.75, 3.05) is 19.6 Å². The Bertz CT molecular complexity index is 142. The first kappa shape index (κ1) is 8.02. The summed E-state index contributed by atoms with van der Waals surface area (Å²) in [6, 6.07) is 0. The lowest BCUT2D eigenvalue weighted by Crippen LogP contribution is -2.13. The molecule has 58 valence electrons. The molecule has 1 saturated heterocycles. The Labute approximate surface area is 66.5 Å². The molecule has 2 heteroatoms. The van der Waals surface area contributed by atoms with Crippen LogP contribution in [0.3, 0.4) is 0 Å². The fourth-order valence-corrected chi connectivity index (χ4v) is 0.894. The van der Waals surface area contributed by atoms with Crippen LogP contribution in [0.2, 0.25) is 5.04 Å². The van der Waals surface area contributed by atoms with Gasteiger partial charge in [-0.25, -0.2) is 0 Å². The lowest BCUT2D eigenvalue weighted by molar-refractivity contribution is 0.574. The molecule has 0 N–H and O–H groups in total. The molecule has 1 rings (SSSR count). The predicted molar refractivity (Wildman–Crippen MR) is 49.6 cm³/mol. The largest absolute Gasteiger partial charge is 0.297 e. The molecule has 0 atom stereocenters. The highest BCUT2D eigenvalue weighted by atomic mass is 28.1. The van der Waals surface area contributed by atoms with E-state index in [1.54, 1.807) is 0 Å². The first-order valence-corrected chi connectivity index (χ1v) is 4.91. The Morgan fingerprint density at radius 3 is 2.40 bits per heavy atom. The van der Waals surface area contributed by atoms with Crippen molar-refractivity contribution in [2.24, 2.45) is 0 Å². The third-order valence-electron chi connectivity index (χ3n) is 2.01. The van der Waals surface area contributed by atoms with Crippen molar-refractivity contribution in [3.8, 4) is 0 Å². The summed E-state index contributed by atoms with van der Waals surface area (Å²) < 4.78 is 0. The lowest BCUT2D eigenvalue weighted by atomic mass is 10.0. The fraction of sp³-hybridized carbons (Fsp3) is 0.750. The topological polar surface area (TPSA) is 3.01 Å². The molecule has 1 aliphatic heterocycles. The molecule has 1 aliphatic rings. The van der Waals surface area contributed by atoms with Crippen LogP contribution in [0.25, 0.3) is 0 Å². The second-order valence-electron chi connectivity index (χ2n) is 4.13. The van der Waals surface area contributed by atoms with Crippen LogP contribution < -0.4 is 0 Å². The minimum atomic E-state index is 0.433. The number of rotatable bonds is 3. The van der Waals surface area contributed by atoms with E-state index in [1.807, 2.05) is 0 Å². The van der Waals surface area contributed by atoms with Crippen molar-refractivity contribution in [1.82, 2.24) is 4.90 Å². The third kappa shape index (κ3) is 2.27. The van der Waals surface area contributed by atoms with Gasteiger partial charge < -0.3 is 0 Å². The standard InChI is InChI=1S/C8H17NSi/c1-7(8(2,3)10)6-9-4-5-9/h1,4-6H2,2-3,10H3. The Morgan fingerprint density at radius 1 is 1.60 bits per heavy atom. The number of hydrogen-bond donors (Lipinski definition) is 0. The minimum absolute atomic E-state index is 0.433. The predicted octanol–water partition coefficient (Wildman–Crippen LogP) is 0.422. The van der Waals surface area contributed by atoms with Gasteiger partial charge in [0.25, 0.3) is 0 Å². The van der Waals surface area contributed by atoms with E-state index in [4.69, 9.17) is 0 Å². The summed E-state index contributed by atoms with van der Waals surface area (Å²) in [6.45, 7) is 12.4. The number of nitrogens with zero attached hydrogens (tertiary/aromatic N) is 1. The van der Waals surface area contributed by atoms with E-state index >= 15 is 0 Å². The molecule has 10 heavy (non-hydrogen) atoms. The molecule has 0 bridgehead atoms. The smallest absolute Gasteiger partial charge is 0.0193 e. The van der Waals surface area contributed by atoms with Gasteiger partial charge in [-0.2, -0.15) is 0 Å². The van der Waals surface area contributed by atoms with Crippen LogP contribution in [-0.2, 0) is 0 Å². The van der Waals surface area contributed by atoms with Crippen LogP contribution in [0, 0.1) is 0 Å². The zero-order valence-corrected chi connectivity index (χ0v) is 9.28. The van der Waals surface area contributed by atoms with E-state index in [1.165, 1.54) is 28.9 Å². The molecule has 0 saturated carbocycles. The van der Waals surface area contributed by atoms with Gasteiger partial charge in [0.2, 0.25) is 0 Å². The van der Waals surface area contributed by atoms with Crippen LogP contribution in [0.5, 0.6) is 0 Å². The summed E-state index contributed by atoms with van der Waals surface area (Å²) in [5.41, 5.74) is 1.41. The van der Waals surface area contributed by atoms with Crippen molar-refractivity contribution in [3.05, 3.63) is 12.2 Å². The van der Waals surface area contributed by atoms with Crippen LogP contribution in [0.4, 0.5) is 0 Å². The average molecular weight is 155 g/mol. The first-order valence-electron chi connectivity index (χ1n) is 3.91. The molecule has 1 nitrogen and oxygen atoms in total. The molecule has 0 aromatic rings. The van der Waals surface area contributed by atoms with E-state index in [0.717, 1.165) is 6.54 Å². The maximum absolute atomic E-state index is 4.10. The fourth-order valence-electron chi connectivity index (χ4n) is 0.736. The molecule has 0 amide bonds. The minimum Gasteiger partial charge on any atom is -0.297 e. The Balaban J connectivity index is 2.32. The van der Waals surface area contributed by atoms with Crippen molar-refractivity contribution in [2.45, 2.75) is 18.9 Å². The summed E-state index contributed by atoms with van der Waals surface area (Å²) in [7, 11) is 1.22. The third-order valence-corrected chi connectivity index (χ3v) is 2.72. The summed E-state index contributed by atoms with van der Waals surface area (Å²) in [5, 5.41) is 0.433. The highest BCUT2D eigenvalue weighted by molar-refractivity contribution is 6.16. The molecular weight excluding hydrogens is 138 g/mol. The summed E-state index contributed by atoms with van der Waals surface area (Å²) >= 11 is 0. The van der Waals surface area contributed by atoms with Gasteiger partial charge in [0, 0.05) is 29.9 Å². The molecule has 0 unspecified atom stereocenters. The van der Waals surface area contributed by atoms with E-state index in [2.05, 4.69) is 25.3 Å². The first-order chi connectivity index (χ1) is 4.50. The van der Waals surface area contributed by atoms with Gasteiger partial charge in [-0.05, 0) is 5.04 Å². The van der Waals surface area contributed by atoms with E-state index in [9.17, 15) is 0 Å². The summed E-state index contributed by atoms with van der Waals surface area (Å²) in [5.74, 6) is 0. The van der Waals surface area contributed by atoms with Crippen molar-refractivity contribution in [1.29, 1.82) is 0 Å². The van der Waals surface area contributed by atoms with E-state index < -0.39 is 0 Å². The van der Waals surface area contributed by atoms with Gasteiger partial charge in [0.1, 0.15) is 0 Å². The summed E-state index contributed by atoms with van der Waals surface area (Å²) in [6.07, 6.45) is 0. The van der Waals surface area contributed by atoms with E-state index in [0.29, 0.717) is 5.04 Å². The molecule has 0 radical (unpaired) electrons. The maximum atomic E-state index is 4.10. The molecular formula is C8H17NSi. The summed E-state index contributed by atoms with van der Waals surface area (Å²) in [4.78, 5) is 2.42. The highest BCUT2D eigenvalue weighted by Crippen LogP contribution is 2.29. The second kappa shape index (κ2) is 2.51. The van der Waals surface area contributed by atoms with Gasteiger partial charge >= 0.3 is 0 Å². The SMILES string of the molecule is C=C(CN1CC1)C(C)(C)[SiH3]. The zero-order chi connectivity index (χ0) is 7.78. The normalized spacial score (nSPS) is 19.4. The molecule has 0 spiro atoms. The van der Waals surface area contributed by atoms with Gasteiger partial charge in [-0.3, -0.25) is 4.90 Å². The number of hydrogen-bond acceptors (Lipinski definition) is 1. The average Bonchev–Trinajstić information content (AvgIpc) is 2.47. The second-order valence-corrected chi connectivity index (χ2v) is 6.63. The van der Waals surface area contributed by atoms with Gasteiger partial charge in [0.05, 0.1) is 0 Å². The van der Waals surface area contributed by atoms with Gasteiger partial charge in [-0.1, -0.05) is 26.0 Å². The Morgan fingerprint density at radius 2 is 2.10 bits per heavy atom. The van der Waals surface area contributed by atoms with Gasteiger partial charge in [-0.15, -0.1) is 0 Å². The van der Waals surface area contributed by atoms with Crippen LogP contribution >= 0.6 is 0 Å². The molecule has 0 aromatic heterocycles. The van der Waals surface area contributed by atoms with Crippen molar-refractivity contribution < 1.29 is 0 Å². The zero-order valence-electron chi connectivity index (χ0n) is 7.28. The van der Waals surface area contributed by atoms with Gasteiger partial charge in [0.15, 0.2) is 0 Å². The monoisotopic (exact) mass is 155 g/mol. The molecule has 1 heterocycles. The van der Waals surface area contributed by atoms with Crippen LogP contribution in [0.1, 0.15) is 13.8 Å². The quantitative estimate of drug-likeness (QED) is 0.324. The molecule has 0 aromatic carbocycles. The Kier molecular flexibility index (Phi) is 2.01. The van der Waals surface area contributed by atoms with E-state index in [-0.39, 0.29) is 0 Å². The van der Waals surface area contributed by atoms with Crippen LogP contribution in [0.15, 0.2) is 12.2 Å². The van der Waals surface area contributed by atoms with Crippen LogP contribution in [-0.4, -0.2) is 34.8 Å². The lowest BCUT2D eigenvalue weighted by Gasteiger charge is -2.21.